The molecule has 4 aromatic heterocycles. The first kappa shape index (κ1) is 26.0. The largest absolute Gasteiger partial charge is 0.474 e. The Labute approximate surface area is 218 Å². The fourth-order valence-corrected chi connectivity index (χ4v) is 5.40. The highest BCUT2D eigenvalue weighted by molar-refractivity contribution is 6.76. The zero-order valence-electron chi connectivity index (χ0n) is 21.6. The molecule has 0 unspecified atom stereocenters. The minimum Gasteiger partial charge on any atom is -0.474 e. The third-order valence-electron chi connectivity index (χ3n) is 6.39. The summed E-state index contributed by atoms with van der Waals surface area (Å²) in [6.45, 7) is 6.74. The van der Waals surface area contributed by atoms with Crippen molar-refractivity contribution in [1.29, 1.82) is 5.26 Å². The van der Waals surface area contributed by atoms with Gasteiger partial charge in [-0.15, -0.1) is 0 Å². The van der Waals surface area contributed by atoms with Crippen molar-refractivity contribution >= 4 is 19.1 Å². The highest BCUT2D eigenvalue weighted by atomic mass is 28.3. The number of hydrogen-bond donors (Lipinski definition) is 0. The van der Waals surface area contributed by atoms with Crippen LogP contribution in [0.3, 0.4) is 0 Å². The number of ether oxygens (including phenoxy) is 2. The number of nitrogens with zero attached hydrogens (tertiary/aromatic N) is 7. The van der Waals surface area contributed by atoms with E-state index < -0.39 is 26.4 Å². The van der Waals surface area contributed by atoms with E-state index in [2.05, 4.69) is 40.9 Å². The van der Waals surface area contributed by atoms with E-state index in [0.717, 1.165) is 10.7 Å². The van der Waals surface area contributed by atoms with Gasteiger partial charge in [0.1, 0.15) is 30.7 Å². The highest BCUT2D eigenvalue weighted by Crippen LogP contribution is 2.48. The number of fused-ring (bicyclic) bond motifs is 2. The third kappa shape index (κ3) is 4.69. The minimum atomic E-state index is -2.96. The van der Waals surface area contributed by atoms with Gasteiger partial charge in [0, 0.05) is 50.6 Å². The predicted octanol–water partition coefficient (Wildman–Crippen LogP) is 5.15. The SMILES string of the molecule is Cn1cc(-c2c(-c3c(C(F)F)nn4c3OC[C@@H](F)C4)n(COCC[Si](C)(C)C)c3ncccc23)c(C#N)n1. The van der Waals surface area contributed by atoms with Crippen LogP contribution in [0, 0.1) is 11.3 Å². The Balaban J connectivity index is 1.80. The summed E-state index contributed by atoms with van der Waals surface area (Å²) in [5, 5.41) is 18.8. The molecule has 1 atom stereocenters. The summed E-state index contributed by atoms with van der Waals surface area (Å²) in [7, 11) is 0.291. The molecule has 0 aromatic carbocycles. The summed E-state index contributed by atoms with van der Waals surface area (Å²) in [4.78, 5) is 4.55. The normalized spacial score (nSPS) is 15.6. The van der Waals surface area contributed by atoms with Crippen molar-refractivity contribution in [2.75, 3.05) is 13.2 Å². The summed E-state index contributed by atoms with van der Waals surface area (Å²) >= 11 is 0. The molecule has 4 aromatic rings. The fourth-order valence-electron chi connectivity index (χ4n) is 4.64. The molecule has 200 valence electrons. The first-order valence-corrected chi connectivity index (χ1v) is 15.9. The van der Waals surface area contributed by atoms with Gasteiger partial charge in [0.2, 0.25) is 5.88 Å². The number of rotatable bonds is 8. The number of nitriles is 1. The van der Waals surface area contributed by atoms with Gasteiger partial charge in [-0.2, -0.15) is 15.5 Å². The van der Waals surface area contributed by atoms with E-state index in [9.17, 15) is 18.4 Å². The van der Waals surface area contributed by atoms with Crippen LogP contribution in [0.2, 0.25) is 25.7 Å². The summed E-state index contributed by atoms with van der Waals surface area (Å²) in [6.07, 6.45) is -1.07. The second kappa shape index (κ2) is 9.92. The molecule has 9 nitrogen and oxygen atoms in total. The topological polar surface area (TPSA) is 95.7 Å². The Morgan fingerprint density at radius 2 is 2.05 bits per heavy atom. The van der Waals surface area contributed by atoms with Gasteiger partial charge in [-0.05, 0) is 18.2 Å². The molecule has 0 spiro atoms. The zero-order chi connectivity index (χ0) is 27.2. The summed E-state index contributed by atoms with van der Waals surface area (Å²) in [5.74, 6) is 0.0454. The average Bonchev–Trinajstić information content (AvgIpc) is 3.51. The molecule has 0 N–H and O–H groups in total. The standard InChI is InChI=1S/C25H28F3N7O2Si/c1-33-12-17(18(10-29)31-33)19-16-6-5-7-30-24(16)34(14-36-8-9-38(2,3)4)22(19)20-21(23(27)28)32-35-11-15(26)13-37-25(20)35/h5-7,12,15,23H,8-9,11,13-14H2,1-4H3/t15-/m0/s1. The van der Waals surface area contributed by atoms with Crippen LogP contribution in [-0.4, -0.2) is 56.6 Å². The van der Waals surface area contributed by atoms with E-state index >= 15 is 0 Å². The molecule has 0 aliphatic carbocycles. The molecule has 5 rings (SSSR count). The number of halogens is 3. The third-order valence-corrected chi connectivity index (χ3v) is 8.09. The maximum atomic E-state index is 14.5. The average molecular weight is 544 g/mol. The van der Waals surface area contributed by atoms with Crippen molar-refractivity contribution in [1.82, 2.24) is 29.1 Å². The molecule has 13 heteroatoms. The van der Waals surface area contributed by atoms with Crippen molar-refractivity contribution in [3.8, 4) is 34.3 Å². The highest BCUT2D eigenvalue weighted by Gasteiger charge is 2.36. The number of alkyl halides is 3. The van der Waals surface area contributed by atoms with Gasteiger partial charge < -0.3 is 14.0 Å². The van der Waals surface area contributed by atoms with Crippen LogP contribution in [0.25, 0.3) is 33.4 Å². The first-order chi connectivity index (χ1) is 18.1. The van der Waals surface area contributed by atoms with Gasteiger partial charge in [-0.3, -0.25) is 4.68 Å². The van der Waals surface area contributed by atoms with Crippen LogP contribution in [0.4, 0.5) is 13.2 Å². The first-order valence-electron chi connectivity index (χ1n) is 12.2. The smallest absolute Gasteiger partial charge is 0.282 e. The molecule has 0 radical (unpaired) electrons. The molecule has 0 saturated heterocycles. The van der Waals surface area contributed by atoms with Crippen molar-refractivity contribution in [3.05, 3.63) is 35.9 Å². The maximum Gasteiger partial charge on any atom is 0.282 e. The fraction of sp³-hybridized carbons (Fsp3) is 0.440. The van der Waals surface area contributed by atoms with Crippen LogP contribution in [0.5, 0.6) is 5.88 Å². The van der Waals surface area contributed by atoms with Crippen molar-refractivity contribution < 1.29 is 22.6 Å². The molecule has 0 amide bonds. The van der Waals surface area contributed by atoms with E-state index in [1.807, 2.05) is 6.07 Å². The number of aryl methyl sites for hydroxylation is 1. The monoisotopic (exact) mass is 543 g/mol. The van der Waals surface area contributed by atoms with Crippen LogP contribution in [-0.2, 0) is 25.1 Å². The lowest BCUT2D eigenvalue weighted by Gasteiger charge is -2.20. The van der Waals surface area contributed by atoms with Gasteiger partial charge in [-0.1, -0.05) is 19.6 Å². The lowest BCUT2D eigenvalue weighted by Crippen LogP contribution is -2.27. The zero-order valence-corrected chi connectivity index (χ0v) is 22.6. The summed E-state index contributed by atoms with van der Waals surface area (Å²) in [5.41, 5.74) is 1.34. The molecule has 1 aliphatic heterocycles. The predicted molar refractivity (Wildman–Crippen MR) is 137 cm³/mol. The van der Waals surface area contributed by atoms with Gasteiger partial charge >= 0.3 is 0 Å². The van der Waals surface area contributed by atoms with Crippen LogP contribution >= 0.6 is 0 Å². The van der Waals surface area contributed by atoms with Crippen LogP contribution in [0.1, 0.15) is 17.8 Å². The molecular weight excluding hydrogens is 515 g/mol. The number of hydrogen-bond acceptors (Lipinski definition) is 6. The van der Waals surface area contributed by atoms with Gasteiger partial charge in [0.25, 0.3) is 6.43 Å². The molecule has 5 heterocycles. The van der Waals surface area contributed by atoms with Crippen LogP contribution in [0.15, 0.2) is 24.5 Å². The van der Waals surface area contributed by atoms with E-state index in [1.54, 1.807) is 30.1 Å². The minimum absolute atomic E-state index is 0.0223. The van der Waals surface area contributed by atoms with Gasteiger partial charge in [0.05, 0.1) is 17.8 Å². The van der Waals surface area contributed by atoms with E-state index in [4.69, 9.17) is 9.47 Å². The number of aromatic nitrogens is 6. The molecule has 1 aliphatic rings. The molecular formula is C25H28F3N7O2Si. The van der Waals surface area contributed by atoms with Crippen molar-refractivity contribution in [2.24, 2.45) is 7.05 Å². The van der Waals surface area contributed by atoms with E-state index in [-0.39, 0.29) is 37.0 Å². The number of pyridine rings is 1. The Bertz CT molecular complexity index is 1530. The molecule has 0 bridgehead atoms. The Hall–Kier alpha value is -3.63. The van der Waals surface area contributed by atoms with Crippen LogP contribution < -0.4 is 4.74 Å². The molecule has 38 heavy (non-hydrogen) atoms. The Morgan fingerprint density at radius 1 is 1.26 bits per heavy atom. The van der Waals surface area contributed by atoms with Crippen molar-refractivity contribution in [3.63, 3.8) is 0 Å². The van der Waals surface area contributed by atoms with E-state index in [1.165, 1.54) is 4.68 Å². The van der Waals surface area contributed by atoms with E-state index in [0.29, 0.717) is 34.5 Å². The van der Waals surface area contributed by atoms with Crippen molar-refractivity contribution in [2.45, 2.75) is 51.6 Å². The Morgan fingerprint density at radius 3 is 2.76 bits per heavy atom. The lowest BCUT2D eigenvalue weighted by atomic mass is 9.99. The Kier molecular flexibility index (Phi) is 6.78. The second-order valence-corrected chi connectivity index (χ2v) is 16.1. The quantitative estimate of drug-likeness (QED) is 0.225. The molecule has 0 saturated carbocycles. The summed E-state index contributed by atoms with van der Waals surface area (Å²) in [6, 6.07) is 6.56. The molecule has 0 fully saturated rings. The second-order valence-electron chi connectivity index (χ2n) is 10.5. The lowest BCUT2D eigenvalue weighted by molar-refractivity contribution is 0.0907. The van der Waals surface area contributed by atoms with Gasteiger partial charge in [-0.25, -0.2) is 22.8 Å². The summed E-state index contributed by atoms with van der Waals surface area (Å²) < 4.78 is 59.1. The maximum absolute atomic E-state index is 14.5. The van der Waals surface area contributed by atoms with Gasteiger partial charge in [0.15, 0.2) is 11.9 Å².